The zero-order valence-electron chi connectivity index (χ0n) is 12.2. The Hall–Kier alpha value is 0.230. The third-order valence-electron chi connectivity index (χ3n) is 4.34. The number of piperazine rings is 1. The third kappa shape index (κ3) is 4.12. The van der Waals surface area contributed by atoms with Gasteiger partial charge in [-0.15, -0.1) is 0 Å². The summed E-state index contributed by atoms with van der Waals surface area (Å²) in [5.74, 6) is 3.39. The van der Waals surface area contributed by atoms with Gasteiger partial charge in [0.1, 0.15) is 0 Å². The average molecular weight is 271 g/mol. The molecule has 2 unspecified atom stereocenters. The first kappa shape index (κ1) is 14.6. The van der Waals surface area contributed by atoms with Crippen molar-refractivity contribution in [2.24, 2.45) is 5.92 Å². The summed E-state index contributed by atoms with van der Waals surface area (Å²) >= 11 is 2.10. The summed E-state index contributed by atoms with van der Waals surface area (Å²) in [6, 6.07) is 1.37. The molecular weight excluding hydrogens is 242 g/mol. The first-order chi connectivity index (χ1) is 8.66. The third-order valence-corrected chi connectivity index (χ3v) is 5.28. The molecule has 0 radical (unpaired) electrons. The van der Waals surface area contributed by atoms with Gasteiger partial charge >= 0.3 is 0 Å². The molecule has 0 aromatic carbocycles. The molecule has 106 valence electrons. The van der Waals surface area contributed by atoms with Crippen LogP contribution in [0.4, 0.5) is 0 Å². The molecule has 2 atom stereocenters. The van der Waals surface area contributed by atoms with E-state index in [1.807, 2.05) is 0 Å². The second-order valence-electron chi connectivity index (χ2n) is 6.06. The van der Waals surface area contributed by atoms with Crippen molar-refractivity contribution in [1.29, 1.82) is 0 Å². The van der Waals surface area contributed by atoms with Gasteiger partial charge in [0.05, 0.1) is 0 Å². The van der Waals surface area contributed by atoms with Crippen LogP contribution in [0.1, 0.15) is 20.8 Å². The van der Waals surface area contributed by atoms with Crippen molar-refractivity contribution in [3.63, 3.8) is 0 Å². The van der Waals surface area contributed by atoms with Crippen LogP contribution in [0, 0.1) is 5.92 Å². The van der Waals surface area contributed by atoms with E-state index in [9.17, 15) is 0 Å². The summed E-state index contributed by atoms with van der Waals surface area (Å²) in [7, 11) is 0. The second kappa shape index (κ2) is 7.13. The molecule has 3 nitrogen and oxygen atoms in total. The van der Waals surface area contributed by atoms with E-state index in [-0.39, 0.29) is 0 Å². The lowest BCUT2D eigenvalue weighted by Gasteiger charge is -2.41. The Morgan fingerprint density at radius 1 is 1.22 bits per heavy atom. The Morgan fingerprint density at radius 3 is 2.61 bits per heavy atom. The summed E-state index contributed by atoms with van der Waals surface area (Å²) < 4.78 is 0. The van der Waals surface area contributed by atoms with Gasteiger partial charge < -0.3 is 10.2 Å². The minimum absolute atomic E-state index is 0.679. The van der Waals surface area contributed by atoms with Gasteiger partial charge in [-0.1, -0.05) is 13.8 Å². The molecule has 0 aromatic rings. The van der Waals surface area contributed by atoms with Crippen molar-refractivity contribution < 1.29 is 0 Å². The summed E-state index contributed by atoms with van der Waals surface area (Å²) in [5.41, 5.74) is 0. The van der Waals surface area contributed by atoms with E-state index in [0.29, 0.717) is 12.1 Å². The molecule has 4 heteroatoms. The predicted molar refractivity (Wildman–Crippen MR) is 81.4 cm³/mol. The van der Waals surface area contributed by atoms with E-state index >= 15 is 0 Å². The Labute approximate surface area is 117 Å². The van der Waals surface area contributed by atoms with Gasteiger partial charge in [-0.3, -0.25) is 4.90 Å². The smallest absolute Gasteiger partial charge is 0.0218 e. The maximum Gasteiger partial charge on any atom is 0.0218 e. The van der Waals surface area contributed by atoms with Crippen LogP contribution in [-0.4, -0.2) is 72.7 Å². The van der Waals surface area contributed by atoms with Crippen molar-refractivity contribution in [2.75, 3.05) is 50.8 Å². The lowest BCUT2D eigenvalue weighted by atomic mass is 10.00. The molecule has 0 amide bonds. The van der Waals surface area contributed by atoms with Crippen LogP contribution in [-0.2, 0) is 0 Å². The Kier molecular flexibility index (Phi) is 5.80. The Morgan fingerprint density at radius 2 is 1.94 bits per heavy atom. The van der Waals surface area contributed by atoms with Gasteiger partial charge in [-0.25, -0.2) is 0 Å². The average Bonchev–Trinajstić information content (AvgIpc) is 2.38. The fraction of sp³-hybridized carbons (Fsp3) is 1.00. The Bertz CT molecular complexity index is 241. The molecule has 2 aliphatic heterocycles. The SMILES string of the molecule is CC(C)C1CN(CCN2CCSCC2)C(C)CN1. The fourth-order valence-corrected chi connectivity index (χ4v) is 3.78. The molecule has 0 aliphatic carbocycles. The van der Waals surface area contributed by atoms with Crippen LogP contribution < -0.4 is 5.32 Å². The first-order valence-corrected chi connectivity index (χ1v) is 8.60. The maximum atomic E-state index is 3.68. The summed E-state index contributed by atoms with van der Waals surface area (Å²) in [4.78, 5) is 5.32. The number of nitrogens with one attached hydrogen (secondary N) is 1. The van der Waals surface area contributed by atoms with Crippen LogP contribution in [0.25, 0.3) is 0 Å². The van der Waals surface area contributed by atoms with E-state index in [4.69, 9.17) is 0 Å². The van der Waals surface area contributed by atoms with E-state index in [1.54, 1.807) is 0 Å². The number of hydrogen-bond donors (Lipinski definition) is 1. The minimum atomic E-state index is 0.679. The molecule has 2 rings (SSSR count). The molecule has 2 heterocycles. The zero-order valence-corrected chi connectivity index (χ0v) is 13.0. The fourth-order valence-electron chi connectivity index (χ4n) is 2.80. The van der Waals surface area contributed by atoms with E-state index < -0.39 is 0 Å². The van der Waals surface area contributed by atoms with Gasteiger partial charge in [-0.2, -0.15) is 11.8 Å². The summed E-state index contributed by atoms with van der Waals surface area (Å²) in [6.07, 6.45) is 0. The lowest BCUT2D eigenvalue weighted by Crippen LogP contribution is -2.58. The van der Waals surface area contributed by atoms with Gasteiger partial charge in [-0.05, 0) is 12.8 Å². The monoisotopic (exact) mass is 271 g/mol. The molecule has 18 heavy (non-hydrogen) atoms. The van der Waals surface area contributed by atoms with Crippen molar-refractivity contribution in [3.8, 4) is 0 Å². The Balaban J connectivity index is 1.75. The molecule has 2 saturated heterocycles. The second-order valence-corrected chi connectivity index (χ2v) is 7.28. The van der Waals surface area contributed by atoms with Crippen LogP contribution in [0.15, 0.2) is 0 Å². The van der Waals surface area contributed by atoms with E-state index in [2.05, 4.69) is 47.6 Å². The van der Waals surface area contributed by atoms with E-state index in [0.717, 1.165) is 12.5 Å². The molecule has 0 saturated carbocycles. The van der Waals surface area contributed by atoms with Crippen molar-refractivity contribution in [1.82, 2.24) is 15.1 Å². The number of thioether (sulfide) groups is 1. The number of hydrogen-bond acceptors (Lipinski definition) is 4. The molecule has 0 aromatic heterocycles. The first-order valence-electron chi connectivity index (χ1n) is 7.44. The highest BCUT2D eigenvalue weighted by molar-refractivity contribution is 7.99. The standard InChI is InChI=1S/C14H29N3S/c1-12(2)14-11-17(13(3)10-15-14)5-4-16-6-8-18-9-7-16/h12-15H,4-11H2,1-3H3. The van der Waals surface area contributed by atoms with Gasteiger partial charge in [0.2, 0.25) is 0 Å². The molecule has 0 spiro atoms. The quantitative estimate of drug-likeness (QED) is 0.832. The molecule has 0 bridgehead atoms. The maximum absolute atomic E-state index is 3.68. The molecular formula is C14H29N3S. The highest BCUT2D eigenvalue weighted by atomic mass is 32.2. The van der Waals surface area contributed by atoms with Gasteiger partial charge in [0.15, 0.2) is 0 Å². The largest absolute Gasteiger partial charge is 0.311 e. The minimum Gasteiger partial charge on any atom is -0.311 e. The van der Waals surface area contributed by atoms with Gasteiger partial charge in [0.25, 0.3) is 0 Å². The number of nitrogens with zero attached hydrogens (tertiary/aromatic N) is 2. The van der Waals surface area contributed by atoms with Crippen LogP contribution >= 0.6 is 11.8 Å². The summed E-state index contributed by atoms with van der Waals surface area (Å²) in [5, 5.41) is 3.68. The normalized spacial score (nSPS) is 32.0. The van der Waals surface area contributed by atoms with Crippen molar-refractivity contribution in [2.45, 2.75) is 32.9 Å². The van der Waals surface area contributed by atoms with Crippen molar-refractivity contribution in [3.05, 3.63) is 0 Å². The van der Waals surface area contributed by atoms with Crippen LogP contribution in [0.5, 0.6) is 0 Å². The highest BCUT2D eigenvalue weighted by Crippen LogP contribution is 2.13. The predicted octanol–water partition coefficient (Wildman–Crippen LogP) is 1.35. The molecule has 2 aliphatic rings. The lowest BCUT2D eigenvalue weighted by molar-refractivity contribution is 0.108. The molecule has 2 fully saturated rings. The molecule has 1 N–H and O–H groups in total. The topological polar surface area (TPSA) is 18.5 Å². The van der Waals surface area contributed by atoms with Crippen LogP contribution in [0.2, 0.25) is 0 Å². The van der Waals surface area contributed by atoms with Gasteiger partial charge in [0, 0.05) is 62.9 Å². The zero-order chi connectivity index (χ0) is 13.0. The highest BCUT2D eigenvalue weighted by Gasteiger charge is 2.26. The summed E-state index contributed by atoms with van der Waals surface area (Å²) in [6.45, 7) is 14.5. The number of rotatable bonds is 4. The van der Waals surface area contributed by atoms with Crippen molar-refractivity contribution >= 4 is 11.8 Å². The van der Waals surface area contributed by atoms with E-state index in [1.165, 1.54) is 44.2 Å². The van der Waals surface area contributed by atoms with Crippen LogP contribution in [0.3, 0.4) is 0 Å².